The second kappa shape index (κ2) is 6.31. The summed E-state index contributed by atoms with van der Waals surface area (Å²) in [6, 6.07) is 10.0. The summed E-state index contributed by atoms with van der Waals surface area (Å²) in [4.78, 5) is 0. The second-order valence-corrected chi connectivity index (χ2v) is 5.64. The highest BCUT2D eigenvalue weighted by Gasteiger charge is 2.34. The molecule has 0 spiro atoms. The van der Waals surface area contributed by atoms with E-state index in [1.165, 1.54) is 6.07 Å². The second-order valence-electron chi connectivity index (χ2n) is 4.48. The maximum atomic E-state index is 13.4. The minimum atomic E-state index is -4.71. The lowest BCUT2D eigenvalue weighted by Gasteiger charge is -2.20. The van der Waals surface area contributed by atoms with Crippen LogP contribution in [-0.4, -0.2) is 7.05 Å². The lowest BCUT2D eigenvalue weighted by Crippen LogP contribution is -2.20. The average molecular weight is 409 g/mol. The van der Waals surface area contributed by atoms with E-state index in [-0.39, 0.29) is 0 Å². The molecule has 0 aliphatic heterocycles. The van der Waals surface area contributed by atoms with Gasteiger partial charge in [-0.15, -0.1) is 0 Å². The Labute approximate surface area is 133 Å². The van der Waals surface area contributed by atoms with Crippen molar-refractivity contribution in [2.24, 2.45) is 0 Å². The number of hydrogen-bond acceptors (Lipinski definition) is 1. The van der Waals surface area contributed by atoms with E-state index in [2.05, 4.69) is 27.9 Å². The van der Waals surface area contributed by atoms with Gasteiger partial charge in [-0.05, 0) is 59.0 Å². The number of benzene rings is 2. The van der Waals surface area contributed by atoms with Crippen LogP contribution in [0.1, 0.15) is 22.7 Å². The molecule has 2 aromatic rings. The molecule has 2 rings (SSSR count). The third kappa shape index (κ3) is 3.55. The molecule has 1 nitrogen and oxygen atoms in total. The van der Waals surface area contributed by atoms with Crippen LogP contribution in [0.2, 0.25) is 0 Å². The summed E-state index contributed by atoms with van der Waals surface area (Å²) in [5.41, 5.74) is -0.0261. The summed E-state index contributed by atoms with van der Waals surface area (Å²) < 4.78 is 52.7. The standard InChI is InChI=1S/C15H12F4IN/c1-21-14(10-4-2-3-5-13(10)20)9-6-7-12(16)11(8-9)15(17,18)19/h2-8,14,21H,1H3. The molecule has 21 heavy (non-hydrogen) atoms. The van der Waals surface area contributed by atoms with E-state index in [1.807, 2.05) is 24.3 Å². The number of halogens is 5. The zero-order chi connectivity index (χ0) is 15.6. The largest absolute Gasteiger partial charge is 0.419 e. The molecule has 2 aromatic carbocycles. The van der Waals surface area contributed by atoms with Crippen molar-refractivity contribution in [1.29, 1.82) is 0 Å². The Bertz CT molecular complexity index is 640. The normalized spacial score (nSPS) is 13.2. The van der Waals surface area contributed by atoms with Crippen molar-refractivity contribution in [2.75, 3.05) is 7.05 Å². The molecule has 0 saturated heterocycles. The van der Waals surface area contributed by atoms with Crippen LogP contribution in [0.5, 0.6) is 0 Å². The van der Waals surface area contributed by atoms with Crippen LogP contribution in [0.25, 0.3) is 0 Å². The van der Waals surface area contributed by atoms with Crippen molar-refractivity contribution in [1.82, 2.24) is 5.32 Å². The first-order valence-electron chi connectivity index (χ1n) is 6.13. The summed E-state index contributed by atoms with van der Waals surface area (Å²) in [5.74, 6) is -1.26. The van der Waals surface area contributed by atoms with E-state index in [1.54, 1.807) is 7.05 Å². The maximum Gasteiger partial charge on any atom is 0.419 e. The molecule has 112 valence electrons. The quantitative estimate of drug-likeness (QED) is 0.570. The summed E-state index contributed by atoms with van der Waals surface area (Å²) in [5, 5.41) is 2.98. The van der Waals surface area contributed by atoms with Crippen LogP contribution in [-0.2, 0) is 6.18 Å². The average Bonchev–Trinajstić information content (AvgIpc) is 2.42. The Morgan fingerprint density at radius 2 is 1.76 bits per heavy atom. The molecule has 0 saturated carbocycles. The van der Waals surface area contributed by atoms with Crippen molar-refractivity contribution >= 4 is 22.6 Å². The highest BCUT2D eigenvalue weighted by atomic mass is 127. The van der Waals surface area contributed by atoms with Gasteiger partial charge in [0.15, 0.2) is 0 Å². The highest BCUT2D eigenvalue weighted by Crippen LogP contribution is 2.34. The van der Waals surface area contributed by atoms with E-state index in [4.69, 9.17) is 0 Å². The van der Waals surface area contributed by atoms with Crippen molar-refractivity contribution in [3.63, 3.8) is 0 Å². The van der Waals surface area contributed by atoms with Crippen molar-refractivity contribution in [3.05, 3.63) is 68.5 Å². The van der Waals surface area contributed by atoms with Crippen molar-refractivity contribution in [2.45, 2.75) is 12.2 Å². The first kappa shape index (κ1) is 16.2. The van der Waals surface area contributed by atoms with Crippen LogP contribution < -0.4 is 5.32 Å². The molecule has 0 aromatic heterocycles. The molecule has 0 amide bonds. The smallest absolute Gasteiger partial charge is 0.309 e. The summed E-state index contributed by atoms with van der Waals surface area (Å²) in [6.45, 7) is 0. The summed E-state index contributed by atoms with van der Waals surface area (Å²) in [6.07, 6.45) is -4.71. The Morgan fingerprint density at radius 3 is 2.33 bits per heavy atom. The molecule has 0 aliphatic carbocycles. The fourth-order valence-corrected chi connectivity index (χ4v) is 2.85. The van der Waals surface area contributed by atoms with Gasteiger partial charge in [-0.3, -0.25) is 0 Å². The predicted octanol–water partition coefficient (Wildman–Crippen LogP) is 4.76. The molecule has 1 N–H and O–H groups in total. The first-order chi connectivity index (χ1) is 9.84. The molecule has 0 fully saturated rings. The van der Waals surface area contributed by atoms with Gasteiger partial charge in [0.05, 0.1) is 11.6 Å². The van der Waals surface area contributed by atoms with Gasteiger partial charge in [-0.2, -0.15) is 13.2 Å². The van der Waals surface area contributed by atoms with Gasteiger partial charge in [0.25, 0.3) is 0 Å². The molecule has 1 unspecified atom stereocenters. The zero-order valence-corrected chi connectivity index (χ0v) is 13.2. The number of hydrogen-bond donors (Lipinski definition) is 1. The fraction of sp³-hybridized carbons (Fsp3) is 0.200. The monoisotopic (exact) mass is 409 g/mol. The minimum absolute atomic E-state index is 0.371. The van der Waals surface area contributed by atoms with Gasteiger partial charge in [-0.25, -0.2) is 4.39 Å². The minimum Gasteiger partial charge on any atom is -0.309 e. The van der Waals surface area contributed by atoms with Crippen molar-refractivity contribution in [3.8, 4) is 0 Å². The van der Waals surface area contributed by atoms with Gasteiger partial charge in [0.1, 0.15) is 5.82 Å². The zero-order valence-electron chi connectivity index (χ0n) is 11.0. The predicted molar refractivity (Wildman–Crippen MR) is 81.5 cm³/mol. The molecule has 0 aliphatic rings. The van der Waals surface area contributed by atoms with E-state index in [9.17, 15) is 17.6 Å². The number of nitrogens with one attached hydrogen (secondary N) is 1. The van der Waals surface area contributed by atoms with Crippen molar-refractivity contribution < 1.29 is 17.6 Å². The highest BCUT2D eigenvalue weighted by molar-refractivity contribution is 14.1. The van der Waals surface area contributed by atoms with Crippen LogP contribution in [0.15, 0.2) is 42.5 Å². The van der Waals surface area contributed by atoms with Gasteiger partial charge >= 0.3 is 6.18 Å². The fourth-order valence-electron chi connectivity index (χ4n) is 2.15. The third-order valence-electron chi connectivity index (χ3n) is 3.13. The maximum absolute atomic E-state index is 13.4. The lowest BCUT2D eigenvalue weighted by atomic mass is 9.97. The SMILES string of the molecule is CNC(c1ccc(F)c(C(F)(F)F)c1)c1ccccc1I. The molecule has 1 atom stereocenters. The van der Waals surface area contributed by atoms with Gasteiger partial charge < -0.3 is 5.32 Å². The van der Waals surface area contributed by atoms with Gasteiger partial charge in [0.2, 0.25) is 0 Å². The van der Waals surface area contributed by atoms with Crippen LogP contribution in [0, 0.1) is 9.39 Å². The number of rotatable bonds is 3. The van der Waals surface area contributed by atoms with Crippen LogP contribution in [0.4, 0.5) is 17.6 Å². The first-order valence-corrected chi connectivity index (χ1v) is 7.21. The molecule has 0 radical (unpaired) electrons. The number of alkyl halides is 3. The molecule has 0 heterocycles. The molecular weight excluding hydrogens is 397 g/mol. The summed E-state index contributed by atoms with van der Waals surface area (Å²) in [7, 11) is 1.66. The Balaban J connectivity index is 2.52. The molecular formula is C15H12F4IN. The molecule has 0 bridgehead atoms. The Kier molecular flexibility index (Phi) is 4.88. The van der Waals surface area contributed by atoms with E-state index in [0.717, 1.165) is 21.3 Å². The van der Waals surface area contributed by atoms with E-state index in [0.29, 0.717) is 5.56 Å². The lowest BCUT2D eigenvalue weighted by molar-refractivity contribution is -0.140. The van der Waals surface area contributed by atoms with Gasteiger partial charge in [-0.1, -0.05) is 24.3 Å². The Hall–Kier alpha value is -1.15. The van der Waals surface area contributed by atoms with E-state index >= 15 is 0 Å². The topological polar surface area (TPSA) is 12.0 Å². The van der Waals surface area contributed by atoms with Crippen LogP contribution >= 0.6 is 22.6 Å². The summed E-state index contributed by atoms with van der Waals surface area (Å²) >= 11 is 2.12. The van der Waals surface area contributed by atoms with Gasteiger partial charge in [0, 0.05) is 3.57 Å². The Morgan fingerprint density at radius 1 is 1.10 bits per heavy atom. The third-order valence-corrected chi connectivity index (χ3v) is 4.12. The van der Waals surface area contributed by atoms with Crippen LogP contribution in [0.3, 0.4) is 0 Å². The van der Waals surface area contributed by atoms with E-state index < -0.39 is 23.6 Å². The molecule has 6 heteroatoms.